The van der Waals surface area contributed by atoms with Crippen molar-refractivity contribution in [2.24, 2.45) is 17.8 Å². The van der Waals surface area contributed by atoms with Crippen LogP contribution in [-0.2, 0) is 35.6 Å². The zero-order chi connectivity index (χ0) is 41.5. The van der Waals surface area contributed by atoms with Gasteiger partial charge in [0.1, 0.15) is 35.0 Å². The first kappa shape index (κ1) is 39.8. The third kappa shape index (κ3) is 7.36. The van der Waals surface area contributed by atoms with Crippen molar-refractivity contribution in [2.75, 3.05) is 13.7 Å². The maximum Gasteiger partial charge on any atom is 0.408 e. The van der Waals surface area contributed by atoms with E-state index in [-0.39, 0.29) is 61.9 Å². The average molecular weight is 841 g/mol. The smallest absolute Gasteiger partial charge is 0.408 e. The molecule has 3 aliphatic heterocycles. The summed E-state index contributed by atoms with van der Waals surface area (Å²) in [5.41, 5.74) is -2.60. The molecule has 9 rings (SSSR count). The van der Waals surface area contributed by atoms with E-state index in [1.807, 2.05) is 12.2 Å². The minimum absolute atomic E-state index is 0.134. The second-order valence-corrected chi connectivity index (χ2v) is 20.2. The molecule has 4 amide bonds. The number of aryl methyl sites for hydroxylation is 1. The number of halogens is 2. The van der Waals surface area contributed by atoms with E-state index in [0.29, 0.717) is 55.0 Å². The Morgan fingerprint density at radius 2 is 1.83 bits per heavy atom. The van der Waals surface area contributed by atoms with Crippen molar-refractivity contribution < 1.29 is 50.6 Å². The molecule has 1 spiro atoms. The van der Waals surface area contributed by atoms with Crippen LogP contribution in [0.3, 0.4) is 0 Å². The molecule has 8 atom stereocenters. The second kappa shape index (κ2) is 14.5. The fourth-order valence-corrected chi connectivity index (χ4v) is 11.1. The number of aromatic nitrogens is 2. The Kier molecular flexibility index (Phi) is 9.82. The summed E-state index contributed by atoms with van der Waals surface area (Å²) in [4.78, 5) is 66.9. The topological polar surface area (TPSA) is 195 Å². The third-order valence-electron chi connectivity index (χ3n) is 13.8. The fourth-order valence-electron chi connectivity index (χ4n) is 9.74. The molecule has 0 bridgehead atoms. The number of sulfonamides is 1. The summed E-state index contributed by atoms with van der Waals surface area (Å²) in [7, 11) is -2.62. The van der Waals surface area contributed by atoms with Gasteiger partial charge in [-0.2, -0.15) is 0 Å². The Balaban J connectivity index is 1.05. The van der Waals surface area contributed by atoms with Gasteiger partial charge in [0.25, 0.3) is 12.3 Å². The van der Waals surface area contributed by atoms with Crippen LogP contribution >= 0.6 is 0 Å². The molecule has 1 saturated heterocycles. The van der Waals surface area contributed by atoms with Gasteiger partial charge in [0, 0.05) is 24.0 Å². The lowest BCUT2D eigenvalue weighted by Gasteiger charge is -2.36. The minimum Gasteiger partial charge on any atom is -0.483 e. The van der Waals surface area contributed by atoms with Crippen molar-refractivity contribution in [3.8, 4) is 11.6 Å². The van der Waals surface area contributed by atoms with Crippen molar-refractivity contribution in [2.45, 2.75) is 137 Å². The number of allylic oxidation sites excluding steroid dienone is 1. The average Bonchev–Trinajstić information content (AvgIpc) is 4.16. The van der Waals surface area contributed by atoms with E-state index < -0.39 is 79.8 Å². The summed E-state index contributed by atoms with van der Waals surface area (Å²) in [5.74, 6) is -1.48. The monoisotopic (exact) mass is 840 g/mol. The fraction of sp³-hybridized carbons (Fsp3) is 0.659. The third-order valence-corrected chi connectivity index (χ3v) is 16.0. The minimum atomic E-state index is -4.06. The number of carbonyl (C=O) groups is 4. The van der Waals surface area contributed by atoms with Gasteiger partial charge >= 0.3 is 6.09 Å². The van der Waals surface area contributed by atoms with Gasteiger partial charge in [0.05, 0.1) is 29.4 Å². The van der Waals surface area contributed by atoms with Crippen LogP contribution in [0.15, 0.2) is 24.3 Å². The summed E-state index contributed by atoms with van der Waals surface area (Å²) >= 11 is 0. The predicted molar refractivity (Wildman–Crippen MR) is 207 cm³/mol. The molecule has 0 aromatic carbocycles. The zero-order valence-corrected chi connectivity index (χ0v) is 34.0. The van der Waals surface area contributed by atoms with Crippen LogP contribution in [0.25, 0.3) is 11.0 Å². The molecule has 15 nitrogen and oxygen atoms in total. The number of carbonyl (C=O) groups excluding carboxylic acids is 4. The predicted octanol–water partition coefficient (Wildman–Crippen LogP) is 4.53. The van der Waals surface area contributed by atoms with Gasteiger partial charge < -0.3 is 29.7 Å². The normalized spacial score (nSPS) is 33.9. The van der Waals surface area contributed by atoms with Crippen molar-refractivity contribution >= 4 is 44.9 Å². The molecule has 5 heterocycles. The van der Waals surface area contributed by atoms with Crippen LogP contribution in [0.1, 0.15) is 108 Å². The van der Waals surface area contributed by atoms with Crippen LogP contribution in [0.4, 0.5) is 13.6 Å². The molecule has 0 unspecified atom stereocenters. The molecule has 2 aromatic rings. The van der Waals surface area contributed by atoms with Gasteiger partial charge in [-0.05, 0) is 95.5 Å². The number of alkyl halides is 2. The highest BCUT2D eigenvalue weighted by molar-refractivity contribution is 7.91. The summed E-state index contributed by atoms with van der Waals surface area (Å²) in [5, 5.41) is 5.65. The Morgan fingerprint density at radius 3 is 2.56 bits per heavy atom. The lowest BCUT2D eigenvalue weighted by molar-refractivity contribution is -0.141. The number of rotatable bonds is 7. The Hall–Kier alpha value is -4.61. The molecule has 18 heteroatoms. The molecular formula is C41H50F2N6O9S. The number of hydrogen-bond acceptors (Lipinski definition) is 11. The number of alkyl carbamates (subject to hydrolysis) is 1. The van der Waals surface area contributed by atoms with Crippen molar-refractivity contribution in [3.05, 3.63) is 35.5 Å². The highest BCUT2D eigenvalue weighted by Gasteiger charge is 2.64. The highest BCUT2D eigenvalue weighted by atomic mass is 32.2. The molecule has 318 valence electrons. The molecule has 4 saturated carbocycles. The van der Waals surface area contributed by atoms with Gasteiger partial charge in [0.2, 0.25) is 27.7 Å². The first-order chi connectivity index (χ1) is 28.1. The molecule has 7 aliphatic rings. The summed E-state index contributed by atoms with van der Waals surface area (Å²) < 4.78 is 74.7. The summed E-state index contributed by atoms with van der Waals surface area (Å²) in [6.07, 6.45) is 6.55. The Bertz CT molecular complexity index is 2230. The second-order valence-electron chi connectivity index (χ2n) is 18.0. The van der Waals surface area contributed by atoms with E-state index in [0.717, 1.165) is 25.7 Å². The molecule has 4 aliphatic carbocycles. The molecule has 3 N–H and O–H groups in total. The number of fused-ring (bicyclic) bond motifs is 6. The summed E-state index contributed by atoms with van der Waals surface area (Å²) in [6, 6.07) is 0.698. The van der Waals surface area contributed by atoms with Crippen molar-refractivity contribution in [1.29, 1.82) is 0 Å². The van der Waals surface area contributed by atoms with E-state index in [9.17, 15) is 36.4 Å². The number of methoxy groups -OCH3 is 1. The highest BCUT2D eigenvalue weighted by Crippen LogP contribution is 2.53. The lowest BCUT2D eigenvalue weighted by atomic mass is 9.88. The number of hydrogen-bond donors (Lipinski definition) is 3. The number of amides is 4. The number of nitrogens with zero attached hydrogens (tertiary/aromatic N) is 3. The van der Waals surface area contributed by atoms with Gasteiger partial charge in [-0.25, -0.2) is 32.0 Å². The van der Waals surface area contributed by atoms with E-state index in [1.165, 1.54) is 18.1 Å². The quantitative estimate of drug-likeness (QED) is 0.332. The van der Waals surface area contributed by atoms with Crippen LogP contribution in [0.2, 0.25) is 0 Å². The first-order valence-electron chi connectivity index (χ1n) is 20.8. The summed E-state index contributed by atoms with van der Waals surface area (Å²) in [6.45, 7) is 1.36. The van der Waals surface area contributed by atoms with E-state index in [2.05, 4.69) is 25.3 Å². The molecule has 5 fully saturated rings. The van der Waals surface area contributed by atoms with Crippen LogP contribution in [-0.4, -0.2) is 94.8 Å². The molecular weight excluding hydrogens is 791 g/mol. The SMILES string of the molecule is COc1ccc2nc(C(F)F)c3c(c2n1)CC[C@]1(C[C@H]2C(=O)N[C@]4(C(=O)NS(=O)(=O)C5(C)CC5)C[C@H]4/C=C\CCCCC[C@H](NC(=O)O[C@@H]4C[C@@H]5C[C@@H]5C4)C(=O)N2C1)O3. The van der Waals surface area contributed by atoms with Crippen molar-refractivity contribution in [1.82, 2.24) is 30.2 Å². The van der Waals surface area contributed by atoms with Gasteiger partial charge in [0.15, 0.2) is 5.75 Å². The number of nitrogens with one attached hydrogen (secondary N) is 3. The van der Waals surface area contributed by atoms with Gasteiger partial charge in [-0.15, -0.1) is 0 Å². The van der Waals surface area contributed by atoms with E-state index >= 15 is 0 Å². The molecule has 2 aromatic heterocycles. The van der Waals surface area contributed by atoms with Crippen molar-refractivity contribution in [3.63, 3.8) is 0 Å². The Morgan fingerprint density at radius 1 is 1.05 bits per heavy atom. The van der Waals surface area contributed by atoms with E-state index in [1.54, 1.807) is 13.0 Å². The number of pyridine rings is 2. The van der Waals surface area contributed by atoms with Gasteiger partial charge in [-0.1, -0.05) is 25.0 Å². The maximum atomic E-state index is 14.8. The first-order valence-corrected chi connectivity index (χ1v) is 22.3. The van der Waals surface area contributed by atoms with Crippen LogP contribution in [0, 0.1) is 17.8 Å². The molecule has 0 radical (unpaired) electrons. The number of ether oxygens (including phenoxy) is 3. The van der Waals surface area contributed by atoms with Crippen LogP contribution < -0.4 is 24.8 Å². The van der Waals surface area contributed by atoms with E-state index in [4.69, 9.17) is 14.2 Å². The maximum absolute atomic E-state index is 14.8. The molecule has 59 heavy (non-hydrogen) atoms. The largest absolute Gasteiger partial charge is 0.483 e. The van der Waals surface area contributed by atoms with Gasteiger partial charge in [-0.3, -0.25) is 19.1 Å². The standard InChI is InChI=1S/C41H50F2N6O9S/c1-39(14-15-39)59(54,55)48-37(52)41-19-24(41)8-6-4-3-5-7-9-28(45-38(53)57-25-17-22-16-23(22)18-25)36(51)49-21-40(20-29(49)35(50)47-41)13-12-26-31-27(10-11-30(46-31)56-2)44-32(34(42)43)33(26)58-40/h6,8,10-11,22-25,28-29,34H,3-5,7,9,12-21H2,1-2H3,(H,45,53)(H,47,50)(H,48,52)/b8-6-/t22-,23+,24-,25+,28+,29+,40-,41-/m1/s1. The lowest BCUT2D eigenvalue weighted by Crippen LogP contribution is -2.58. The van der Waals surface area contributed by atoms with Crippen LogP contribution in [0.5, 0.6) is 11.6 Å². The Labute approximate surface area is 340 Å². The zero-order valence-electron chi connectivity index (χ0n) is 33.1.